The van der Waals surface area contributed by atoms with E-state index < -0.39 is 0 Å². The van der Waals surface area contributed by atoms with E-state index in [-0.39, 0.29) is 0 Å². The van der Waals surface area contributed by atoms with Gasteiger partial charge in [-0.25, -0.2) is 0 Å². The molecule has 1 aliphatic rings. The van der Waals surface area contributed by atoms with Gasteiger partial charge in [-0.1, -0.05) is 38.8 Å². The van der Waals surface area contributed by atoms with E-state index in [1.807, 2.05) is 0 Å². The van der Waals surface area contributed by atoms with Crippen LogP contribution in [0.15, 0.2) is 24.3 Å². The predicted molar refractivity (Wildman–Crippen MR) is 80.5 cm³/mol. The highest BCUT2D eigenvalue weighted by molar-refractivity contribution is 5.29. The first-order valence-electron chi connectivity index (χ1n) is 7.62. The van der Waals surface area contributed by atoms with Gasteiger partial charge in [0.05, 0.1) is 7.11 Å². The van der Waals surface area contributed by atoms with Crippen LogP contribution in [0.4, 0.5) is 0 Å². The maximum Gasteiger partial charge on any atom is 0.118 e. The largest absolute Gasteiger partial charge is 0.497 e. The minimum atomic E-state index is 0.499. The van der Waals surface area contributed by atoms with Crippen molar-refractivity contribution in [3.63, 3.8) is 0 Å². The second-order valence-corrected chi connectivity index (χ2v) is 5.84. The van der Waals surface area contributed by atoms with Crippen molar-refractivity contribution in [3.8, 4) is 5.75 Å². The van der Waals surface area contributed by atoms with Crippen LogP contribution in [0.25, 0.3) is 0 Å². The average molecular weight is 261 g/mol. The summed E-state index contributed by atoms with van der Waals surface area (Å²) in [4.78, 5) is 0. The van der Waals surface area contributed by atoms with E-state index >= 15 is 0 Å². The number of hydrogen-bond donors (Lipinski definition) is 1. The zero-order valence-electron chi connectivity index (χ0n) is 12.5. The van der Waals surface area contributed by atoms with E-state index in [2.05, 4.69) is 43.4 Å². The van der Waals surface area contributed by atoms with Crippen molar-refractivity contribution in [2.24, 2.45) is 11.8 Å². The zero-order valence-corrected chi connectivity index (χ0v) is 12.5. The Morgan fingerprint density at radius 1 is 1.26 bits per heavy atom. The highest BCUT2D eigenvalue weighted by Crippen LogP contribution is 2.37. The summed E-state index contributed by atoms with van der Waals surface area (Å²) in [5.74, 6) is 2.59. The molecule has 0 aromatic heterocycles. The molecular formula is C17H27NO. The van der Waals surface area contributed by atoms with Crippen LogP contribution in [0.3, 0.4) is 0 Å². The Morgan fingerprint density at radius 2 is 2.00 bits per heavy atom. The first-order valence-corrected chi connectivity index (χ1v) is 7.62. The number of nitrogens with one attached hydrogen (secondary N) is 1. The molecule has 3 atom stereocenters. The Bertz CT molecular complexity index is 373. The highest BCUT2D eigenvalue weighted by Gasteiger charge is 2.27. The fraction of sp³-hybridized carbons (Fsp3) is 0.647. The molecule has 1 fully saturated rings. The third kappa shape index (κ3) is 3.73. The van der Waals surface area contributed by atoms with Crippen LogP contribution in [0, 0.1) is 11.8 Å². The number of hydrogen-bond acceptors (Lipinski definition) is 2. The molecule has 2 rings (SSSR count). The van der Waals surface area contributed by atoms with Crippen LogP contribution in [-0.2, 0) is 0 Å². The first kappa shape index (κ1) is 14.4. The molecular weight excluding hydrogens is 234 g/mol. The van der Waals surface area contributed by atoms with E-state index in [9.17, 15) is 0 Å². The van der Waals surface area contributed by atoms with Gasteiger partial charge >= 0.3 is 0 Å². The van der Waals surface area contributed by atoms with E-state index in [0.717, 1.165) is 24.1 Å². The minimum Gasteiger partial charge on any atom is -0.497 e. The molecule has 0 heterocycles. The highest BCUT2D eigenvalue weighted by atomic mass is 16.5. The molecule has 1 aliphatic carbocycles. The summed E-state index contributed by atoms with van der Waals surface area (Å²) in [6, 6.07) is 9.08. The Morgan fingerprint density at radius 3 is 2.58 bits per heavy atom. The monoisotopic (exact) mass is 261 g/mol. The molecule has 0 radical (unpaired) electrons. The van der Waals surface area contributed by atoms with Gasteiger partial charge in [0.15, 0.2) is 0 Å². The van der Waals surface area contributed by atoms with Crippen molar-refractivity contribution in [1.82, 2.24) is 5.32 Å². The topological polar surface area (TPSA) is 21.3 Å². The van der Waals surface area contributed by atoms with E-state index in [0.29, 0.717) is 6.04 Å². The van der Waals surface area contributed by atoms with E-state index in [4.69, 9.17) is 4.74 Å². The molecule has 1 aromatic rings. The lowest BCUT2D eigenvalue weighted by Gasteiger charge is -2.34. The van der Waals surface area contributed by atoms with E-state index in [1.165, 1.54) is 31.2 Å². The van der Waals surface area contributed by atoms with Crippen molar-refractivity contribution in [1.29, 1.82) is 0 Å². The molecule has 1 N–H and O–H groups in total. The summed E-state index contributed by atoms with van der Waals surface area (Å²) < 4.78 is 5.25. The van der Waals surface area contributed by atoms with Crippen molar-refractivity contribution >= 4 is 0 Å². The standard InChI is InChI=1S/C17H27NO/c1-4-18-17(15-7-5-6-13(2)12-15)14-8-10-16(19-3)11-9-14/h8-11,13,15,17-18H,4-7,12H2,1-3H3. The molecule has 0 amide bonds. The van der Waals surface area contributed by atoms with Gasteiger partial charge in [0.1, 0.15) is 5.75 Å². The van der Waals surface area contributed by atoms with Gasteiger partial charge in [0.25, 0.3) is 0 Å². The molecule has 1 saturated carbocycles. The van der Waals surface area contributed by atoms with Gasteiger partial charge in [-0.2, -0.15) is 0 Å². The lowest BCUT2D eigenvalue weighted by Crippen LogP contribution is -2.31. The quantitative estimate of drug-likeness (QED) is 0.859. The lowest BCUT2D eigenvalue weighted by molar-refractivity contribution is 0.225. The molecule has 0 bridgehead atoms. The van der Waals surface area contributed by atoms with Gasteiger partial charge in [-0.05, 0) is 48.9 Å². The van der Waals surface area contributed by atoms with Crippen LogP contribution in [0.1, 0.15) is 51.1 Å². The smallest absolute Gasteiger partial charge is 0.118 e. The number of methoxy groups -OCH3 is 1. The Kier molecular flexibility index (Phi) is 5.26. The van der Waals surface area contributed by atoms with Crippen LogP contribution in [0.2, 0.25) is 0 Å². The van der Waals surface area contributed by atoms with Crippen molar-refractivity contribution in [2.45, 2.75) is 45.6 Å². The fourth-order valence-corrected chi connectivity index (χ4v) is 3.37. The van der Waals surface area contributed by atoms with Gasteiger partial charge in [0.2, 0.25) is 0 Å². The summed E-state index contributed by atoms with van der Waals surface area (Å²) in [6.07, 6.45) is 5.49. The second kappa shape index (κ2) is 6.95. The Balaban J connectivity index is 2.13. The maximum absolute atomic E-state index is 5.25. The zero-order chi connectivity index (χ0) is 13.7. The Hall–Kier alpha value is -1.02. The van der Waals surface area contributed by atoms with Crippen molar-refractivity contribution in [3.05, 3.63) is 29.8 Å². The third-order valence-corrected chi connectivity index (χ3v) is 4.35. The van der Waals surface area contributed by atoms with Crippen molar-refractivity contribution in [2.75, 3.05) is 13.7 Å². The molecule has 2 heteroatoms. The van der Waals surface area contributed by atoms with Crippen LogP contribution in [0.5, 0.6) is 5.75 Å². The summed E-state index contributed by atoms with van der Waals surface area (Å²) >= 11 is 0. The normalized spacial score (nSPS) is 25.0. The molecule has 2 nitrogen and oxygen atoms in total. The first-order chi connectivity index (χ1) is 9.24. The summed E-state index contributed by atoms with van der Waals surface area (Å²) in [5.41, 5.74) is 1.40. The third-order valence-electron chi connectivity index (χ3n) is 4.35. The molecule has 19 heavy (non-hydrogen) atoms. The molecule has 0 saturated heterocycles. The molecule has 0 spiro atoms. The van der Waals surface area contributed by atoms with Gasteiger partial charge in [-0.15, -0.1) is 0 Å². The van der Waals surface area contributed by atoms with Crippen LogP contribution in [-0.4, -0.2) is 13.7 Å². The lowest BCUT2D eigenvalue weighted by atomic mass is 9.76. The number of benzene rings is 1. The predicted octanol–water partition coefficient (Wildman–Crippen LogP) is 4.17. The van der Waals surface area contributed by atoms with Gasteiger partial charge in [0, 0.05) is 6.04 Å². The fourth-order valence-electron chi connectivity index (χ4n) is 3.37. The molecule has 106 valence electrons. The van der Waals surface area contributed by atoms with E-state index in [1.54, 1.807) is 7.11 Å². The number of rotatable bonds is 5. The Labute approximate surface area is 117 Å². The molecule has 0 aliphatic heterocycles. The minimum absolute atomic E-state index is 0.499. The summed E-state index contributed by atoms with van der Waals surface area (Å²) in [7, 11) is 1.72. The molecule has 3 unspecified atom stereocenters. The summed E-state index contributed by atoms with van der Waals surface area (Å²) in [6.45, 7) is 5.62. The SMILES string of the molecule is CCNC(c1ccc(OC)cc1)C1CCCC(C)C1. The van der Waals surface area contributed by atoms with Crippen molar-refractivity contribution < 1.29 is 4.74 Å². The average Bonchev–Trinajstić information content (AvgIpc) is 2.45. The molecule has 1 aromatic carbocycles. The van der Waals surface area contributed by atoms with Gasteiger partial charge < -0.3 is 10.1 Å². The van der Waals surface area contributed by atoms with Gasteiger partial charge in [-0.3, -0.25) is 0 Å². The second-order valence-electron chi connectivity index (χ2n) is 5.84. The number of ether oxygens (including phenoxy) is 1. The van der Waals surface area contributed by atoms with Crippen LogP contribution < -0.4 is 10.1 Å². The summed E-state index contributed by atoms with van der Waals surface area (Å²) in [5, 5.41) is 3.69. The maximum atomic E-state index is 5.25. The van der Waals surface area contributed by atoms with Crippen LogP contribution >= 0.6 is 0 Å².